The summed E-state index contributed by atoms with van der Waals surface area (Å²) in [5, 5.41) is 14.7. The van der Waals surface area contributed by atoms with Crippen LogP contribution in [0.3, 0.4) is 0 Å². The number of piperidine rings is 1. The molecule has 1 unspecified atom stereocenters. The van der Waals surface area contributed by atoms with Crippen molar-refractivity contribution in [2.24, 2.45) is 0 Å². The molecule has 86 valence electrons. The molecule has 1 aromatic rings. The third-order valence-corrected chi connectivity index (χ3v) is 3.16. The Hall–Kier alpha value is -1.13. The first kappa shape index (κ1) is 11.4. The minimum Gasteiger partial charge on any atom is -0.316 e. The maximum atomic E-state index is 10.9. The summed E-state index contributed by atoms with van der Waals surface area (Å²) < 4.78 is 0. The van der Waals surface area contributed by atoms with Crippen LogP contribution in [0.1, 0.15) is 24.3 Å². The van der Waals surface area contributed by atoms with Crippen molar-refractivity contribution in [1.82, 2.24) is 5.32 Å². The van der Waals surface area contributed by atoms with Crippen molar-refractivity contribution in [3.8, 4) is 0 Å². The molecule has 1 atom stereocenters. The second-order valence-electron chi connectivity index (χ2n) is 4.00. The molecule has 0 spiro atoms. The molecule has 5 heteroatoms. The monoisotopic (exact) mass is 240 g/mol. The van der Waals surface area contributed by atoms with Gasteiger partial charge in [0.2, 0.25) is 0 Å². The van der Waals surface area contributed by atoms with Crippen LogP contribution in [0.2, 0.25) is 5.02 Å². The summed E-state index contributed by atoms with van der Waals surface area (Å²) in [5.74, 6) is 0.202. The van der Waals surface area contributed by atoms with Crippen molar-refractivity contribution in [3.05, 3.63) is 38.9 Å². The lowest BCUT2D eigenvalue weighted by molar-refractivity contribution is -0.385. The average molecular weight is 241 g/mol. The first-order valence-corrected chi connectivity index (χ1v) is 5.71. The number of halogens is 1. The van der Waals surface area contributed by atoms with Gasteiger partial charge in [-0.05, 0) is 31.5 Å². The number of nitro benzene ring substituents is 1. The molecule has 0 aromatic heterocycles. The highest BCUT2D eigenvalue weighted by Crippen LogP contribution is 2.32. The quantitative estimate of drug-likeness (QED) is 0.639. The molecule has 1 fully saturated rings. The van der Waals surface area contributed by atoms with Crippen LogP contribution in [0.4, 0.5) is 5.69 Å². The van der Waals surface area contributed by atoms with E-state index in [-0.39, 0.29) is 16.5 Å². The normalized spacial score (nSPS) is 20.7. The number of nitrogens with zero attached hydrogens (tertiary/aromatic N) is 1. The molecule has 16 heavy (non-hydrogen) atoms. The highest BCUT2D eigenvalue weighted by atomic mass is 35.5. The third-order valence-electron chi connectivity index (χ3n) is 2.92. The van der Waals surface area contributed by atoms with Crippen LogP contribution < -0.4 is 5.32 Å². The summed E-state index contributed by atoms with van der Waals surface area (Å²) in [4.78, 5) is 10.6. The molecule has 0 bridgehead atoms. The molecular weight excluding hydrogens is 228 g/mol. The van der Waals surface area contributed by atoms with Crippen molar-refractivity contribution in [1.29, 1.82) is 0 Å². The van der Waals surface area contributed by atoms with Crippen molar-refractivity contribution in [2.75, 3.05) is 13.1 Å². The lowest BCUT2D eigenvalue weighted by Gasteiger charge is -2.22. The first-order valence-electron chi connectivity index (χ1n) is 5.33. The molecular formula is C11H13ClN2O2. The van der Waals surface area contributed by atoms with E-state index in [1.165, 1.54) is 6.07 Å². The number of rotatable bonds is 2. The Morgan fingerprint density at radius 1 is 1.50 bits per heavy atom. The van der Waals surface area contributed by atoms with Gasteiger partial charge in [0.25, 0.3) is 5.69 Å². The van der Waals surface area contributed by atoms with Gasteiger partial charge in [-0.1, -0.05) is 11.6 Å². The minimum atomic E-state index is -0.333. The van der Waals surface area contributed by atoms with Gasteiger partial charge in [-0.3, -0.25) is 10.1 Å². The summed E-state index contributed by atoms with van der Waals surface area (Å²) >= 11 is 5.90. The topological polar surface area (TPSA) is 55.2 Å². The molecule has 0 aliphatic carbocycles. The van der Waals surface area contributed by atoms with Gasteiger partial charge in [0.15, 0.2) is 0 Å². The van der Waals surface area contributed by atoms with Crippen molar-refractivity contribution >= 4 is 17.3 Å². The van der Waals surface area contributed by atoms with E-state index in [9.17, 15) is 10.1 Å². The predicted octanol–water partition coefficient (Wildman–Crippen LogP) is 2.72. The molecule has 1 aromatic carbocycles. The van der Waals surface area contributed by atoms with E-state index in [4.69, 9.17) is 11.6 Å². The lowest BCUT2D eigenvalue weighted by atomic mass is 9.90. The number of nitro groups is 1. The molecule has 0 amide bonds. The summed E-state index contributed by atoms with van der Waals surface area (Å²) in [6.07, 6.45) is 2.03. The Morgan fingerprint density at radius 3 is 2.94 bits per heavy atom. The van der Waals surface area contributed by atoms with Crippen LogP contribution in [0.15, 0.2) is 18.2 Å². The second kappa shape index (κ2) is 4.80. The van der Waals surface area contributed by atoms with E-state index in [1.807, 2.05) is 0 Å². The summed E-state index contributed by atoms with van der Waals surface area (Å²) in [5.41, 5.74) is 0.933. The zero-order valence-electron chi connectivity index (χ0n) is 8.78. The zero-order chi connectivity index (χ0) is 11.5. The Kier molecular flexibility index (Phi) is 3.41. The number of nitrogens with one attached hydrogen (secondary N) is 1. The van der Waals surface area contributed by atoms with Crippen LogP contribution in [0.25, 0.3) is 0 Å². The van der Waals surface area contributed by atoms with Crippen molar-refractivity contribution in [2.45, 2.75) is 18.8 Å². The molecule has 1 aliphatic rings. The maximum Gasteiger partial charge on any atom is 0.273 e. The SMILES string of the molecule is O=[N+]([O-])c1ccc(Cl)cc1C1CCCNC1. The molecule has 0 saturated carbocycles. The van der Waals surface area contributed by atoms with E-state index in [0.717, 1.165) is 31.5 Å². The Bertz CT molecular complexity index is 403. The fourth-order valence-corrected chi connectivity index (χ4v) is 2.32. The van der Waals surface area contributed by atoms with E-state index in [2.05, 4.69) is 5.32 Å². The van der Waals surface area contributed by atoms with Gasteiger partial charge in [-0.2, -0.15) is 0 Å². The van der Waals surface area contributed by atoms with Gasteiger partial charge in [0, 0.05) is 29.1 Å². The van der Waals surface area contributed by atoms with E-state index in [0.29, 0.717) is 5.02 Å². The van der Waals surface area contributed by atoms with E-state index < -0.39 is 0 Å². The van der Waals surface area contributed by atoms with Crippen LogP contribution in [0, 0.1) is 10.1 Å². The Labute approximate surface area is 98.8 Å². The third kappa shape index (κ3) is 2.33. The smallest absolute Gasteiger partial charge is 0.273 e. The molecule has 0 radical (unpaired) electrons. The molecule has 4 nitrogen and oxygen atoms in total. The fourth-order valence-electron chi connectivity index (χ4n) is 2.14. The molecule has 2 rings (SSSR count). The Balaban J connectivity index is 2.36. The van der Waals surface area contributed by atoms with Gasteiger partial charge < -0.3 is 5.32 Å². The van der Waals surface area contributed by atoms with Gasteiger partial charge in [-0.25, -0.2) is 0 Å². The fraction of sp³-hybridized carbons (Fsp3) is 0.455. The van der Waals surface area contributed by atoms with Crippen molar-refractivity contribution in [3.63, 3.8) is 0 Å². The number of benzene rings is 1. The number of hydrogen-bond acceptors (Lipinski definition) is 3. The highest BCUT2D eigenvalue weighted by Gasteiger charge is 2.23. The summed E-state index contributed by atoms with van der Waals surface area (Å²) in [6.45, 7) is 1.78. The molecule has 1 N–H and O–H groups in total. The van der Waals surface area contributed by atoms with Gasteiger partial charge in [-0.15, -0.1) is 0 Å². The standard InChI is InChI=1S/C11H13ClN2O2/c12-9-3-4-11(14(15)16)10(6-9)8-2-1-5-13-7-8/h3-4,6,8,13H,1-2,5,7H2. The van der Waals surface area contributed by atoms with Crippen LogP contribution in [-0.2, 0) is 0 Å². The number of hydrogen-bond donors (Lipinski definition) is 1. The van der Waals surface area contributed by atoms with Gasteiger partial charge in [0.05, 0.1) is 4.92 Å². The average Bonchev–Trinajstić information content (AvgIpc) is 2.29. The molecule has 1 heterocycles. The van der Waals surface area contributed by atoms with Crippen LogP contribution >= 0.6 is 11.6 Å². The van der Waals surface area contributed by atoms with Gasteiger partial charge >= 0.3 is 0 Å². The van der Waals surface area contributed by atoms with Crippen LogP contribution in [0.5, 0.6) is 0 Å². The minimum absolute atomic E-state index is 0.179. The predicted molar refractivity (Wildman–Crippen MR) is 63.0 cm³/mol. The molecule has 1 aliphatic heterocycles. The Morgan fingerprint density at radius 2 is 2.31 bits per heavy atom. The molecule has 1 saturated heterocycles. The first-order chi connectivity index (χ1) is 7.68. The summed E-state index contributed by atoms with van der Waals surface area (Å²) in [7, 11) is 0. The zero-order valence-corrected chi connectivity index (χ0v) is 9.54. The van der Waals surface area contributed by atoms with Crippen LogP contribution in [-0.4, -0.2) is 18.0 Å². The largest absolute Gasteiger partial charge is 0.316 e. The highest BCUT2D eigenvalue weighted by molar-refractivity contribution is 6.30. The van der Waals surface area contributed by atoms with E-state index >= 15 is 0 Å². The van der Waals surface area contributed by atoms with Gasteiger partial charge in [0.1, 0.15) is 0 Å². The maximum absolute atomic E-state index is 10.9. The summed E-state index contributed by atoms with van der Waals surface area (Å²) in [6, 6.07) is 4.78. The van der Waals surface area contributed by atoms with Crippen molar-refractivity contribution < 1.29 is 4.92 Å². The lowest BCUT2D eigenvalue weighted by Crippen LogP contribution is -2.28. The second-order valence-corrected chi connectivity index (χ2v) is 4.44. The van der Waals surface area contributed by atoms with E-state index in [1.54, 1.807) is 12.1 Å².